The summed E-state index contributed by atoms with van der Waals surface area (Å²) in [5.74, 6) is 0. The first-order valence-electron chi connectivity index (χ1n) is 8.52. The van der Waals surface area contributed by atoms with Crippen LogP contribution in [0.2, 0.25) is 0 Å². The van der Waals surface area contributed by atoms with Crippen LogP contribution >= 0.6 is 0 Å². The Bertz CT molecular complexity index is 435. The van der Waals surface area contributed by atoms with E-state index in [-0.39, 0.29) is 6.61 Å². The third kappa shape index (κ3) is 3.85. The molecule has 3 heteroatoms. The second-order valence-corrected chi connectivity index (χ2v) is 6.56. The van der Waals surface area contributed by atoms with Crippen LogP contribution < -0.4 is 5.32 Å². The molecule has 1 aromatic rings. The van der Waals surface area contributed by atoms with E-state index in [9.17, 15) is 5.11 Å². The zero-order chi connectivity index (χ0) is 14.5. The number of nitrogens with one attached hydrogen (secondary N) is 1. The highest BCUT2D eigenvalue weighted by atomic mass is 16.3. The monoisotopic (exact) mass is 288 g/mol. The van der Waals surface area contributed by atoms with Crippen molar-refractivity contribution in [1.82, 2.24) is 10.2 Å². The van der Waals surface area contributed by atoms with E-state index in [1.807, 2.05) is 12.1 Å². The largest absolute Gasteiger partial charge is 0.392 e. The number of aliphatic hydroxyl groups excluding tert-OH is 1. The lowest BCUT2D eigenvalue weighted by Crippen LogP contribution is -2.45. The first kappa shape index (κ1) is 15.0. The molecule has 2 fully saturated rings. The smallest absolute Gasteiger partial charge is 0.0685 e. The predicted octanol–water partition coefficient (Wildman–Crippen LogP) is 2.68. The minimum atomic E-state index is 0.137. The molecule has 1 aromatic carbocycles. The second kappa shape index (κ2) is 7.39. The lowest BCUT2D eigenvalue weighted by Gasteiger charge is -2.36. The van der Waals surface area contributed by atoms with Gasteiger partial charge in [0.1, 0.15) is 0 Å². The lowest BCUT2D eigenvalue weighted by atomic mass is 10.0. The summed E-state index contributed by atoms with van der Waals surface area (Å²) in [5.41, 5.74) is 2.28. The Morgan fingerprint density at radius 1 is 1.00 bits per heavy atom. The maximum Gasteiger partial charge on any atom is 0.0685 e. The van der Waals surface area contributed by atoms with Crippen molar-refractivity contribution in [3.8, 4) is 0 Å². The van der Waals surface area contributed by atoms with Gasteiger partial charge in [-0.25, -0.2) is 0 Å². The summed E-state index contributed by atoms with van der Waals surface area (Å²) in [7, 11) is 0. The Balaban J connectivity index is 1.45. The summed E-state index contributed by atoms with van der Waals surface area (Å²) < 4.78 is 0. The summed E-state index contributed by atoms with van der Waals surface area (Å²) in [5, 5.41) is 13.1. The number of likely N-dealkylation sites (tertiary alicyclic amines) is 1. The molecule has 0 radical (unpaired) electrons. The van der Waals surface area contributed by atoms with Crippen molar-refractivity contribution in [2.45, 2.75) is 63.8 Å². The van der Waals surface area contributed by atoms with Crippen LogP contribution in [-0.2, 0) is 13.2 Å². The van der Waals surface area contributed by atoms with Crippen molar-refractivity contribution in [3.05, 3.63) is 35.4 Å². The molecule has 0 bridgehead atoms. The SMILES string of the molecule is OCc1ccccc1CNC1CCN(C2CCCC2)CC1. The van der Waals surface area contributed by atoms with E-state index < -0.39 is 0 Å². The molecule has 1 heterocycles. The summed E-state index contributed by atoms with van der Waals surface area (Å²) in [6.07, 6.45) is 8.22. The average Bonchev–Trinajstić information content (AvgIpc) is 3.08. The zero-order valence-corrected chi connectivity index (χ0v) is 12.9. The zero-order valence-electron chi connectivity index (χ0n) is 12.9. The van der Waals surface area contributed by atoms with E-state index in [1.54, 1.807) is 0 Å². The summed E-state index contributed by atoms with van der Waals surface area (Å²) in [6, 6.07) is 9.69. The second-order valence-electron chi connectivity index (χ2n) is 6.56. The van der Waals surface area contributed by atoms with Gasteiger partial charge in [0, 0.05) is 18.6 Å². The van der Waals surface area contributed by atoms with Gasteiger partial charge in [-0.1, -0.05) is 37.1 Å². The highest BCUT2D eigenvalue weighted by Crippen LogP contribution is 2.26. The van der Waals surface area contributed by atoms with Crippen molar-refractivity contribution < 1.29 is 5.11 Å². The molecule has 1 aliphatic heterocycles. The molecule has 3 nitrogen and oxygen atoms in total. The Kier molecular flexibility index (Phi) is 5.28. The third-order valence-corrected chi connectivity index (χ3v) is 5.24. The Morgan fingerprint density at radius 2 is 1.67 bits per heavy atom. The number of hydrogen-bond acceptors (Lipinski definition) is 3. The van der Waals surface area contributed by atoms with Crippen molar-refractivity contribution >= 4 is 0 Å². The van der Waals surface area contributed by atoms with E-state index in [0.717, 1.165) is 18.2 Å². The fourth-order valence-electron chi connectivity index (χ4n) is 3.88. The van der Waals surface area contributed by atoms with Gasteiger partial charge in [-0.05, 0) is 49.9 Å². The Morgan fingerprint density at radius 3 is 2.33 bits per heavy atom. The van der Waals surface area contributed by atoms with Crippen LogP contribution in [0.5, 0.6) is 0 Å². The molecule has 0 amide bonds. The Hall–Kier alpha value is -0.900. The number of rotatable bonds is 5. The van der Waals surface area contributed by atoms with E-state index in [2.05, 4.69) is 22.3 Å². The molecule has 21 heavy (non-hydrogen) atoms. The molecule has 1 saturated carbocycles. The van der Waals surface area contributed by atoms with Crippen molar-refractivity contribution in [1.29, 1.82) is 0 Å². The van der Waals surface area contributed by atoms with Crippen LogP contribution in [0.15, 0.2) is 24.3 Å². The van der Waals surface area contributed by atoms with Crippen molar-refractivity contribution in [3.63, 3.8) is 0 Å². The van der Waals surface area contributed by atoms with Crippen LogP contribution in [0.25, 0.3) is 0 Å². The summed E-state index contributed by atoms with van der Waals surface area (Å²) >= 11 is 0. The maximum atomic E-state index is 9.38. The van der Waals surface area contributed by atoms with Gasteiger partial charge in [-0.3, -0.25) is 0 Å². The highest BCUT2D eigenvalue weighted by Gasteiger charge is 2.26. The highest BCUT2D eigenvalue weighted by molar-refractivity contribution is 5.26. The van der Waals surface area contributed by atoms with Crippen LogP contribution in [0, 0.1) is 0 Å². The lowest BCUT2D eigenvalue weighted by molar-refractivity contribution is 0.144. The topological polar surface area (TPSA) is 35.5 Å². The molecule has 116 valence electrons. The fourth-order valence-corrected chi connectivity index (χ4v) is 3.88. The van der Waals surface area contributed by atoms with Gasteiger partial charge in [0.2, 0.25) is 0 Å². The van der Waals surface area contributed by atoms with E-state index >= 15 is 0 Å². The van der Waals surface area contributed by atoms with Crippen LogP contribution in [0.1, 0.15) is 49.7 Å². The molecule has 2 N–H and O–H groups in total. The van der Waals surface area contributed by atoms with Gasteiger partial charge in [0.05, 0.1) is 6.61 Å². The first-order valence-corrected chi connectivity index (χ1v) is 8.52. The third-order valence-electron chi connectivity index (χ3n) is 5.24. The minimum Gasteiger partial charge on any atom is -0.392 e. The summed E-state index contributed by atoms with van der Waals surface area (Å²) in [6.45, 7) is 3.52. The predicted molar refractivity (Wildman–Crippen MR) is 86.1 cm³/mol. The molecule has 0 aromatic heterocycles. The number of piperidine rings is 1. The molecular weight excluding hydrogens is 260 g/mol. The normalized spacial score (nSPS) is 22.0. The molecule has 1 saturated heterocycles. The van der Waals surface area contributed by atoms with E-state index in [0.29, 0.717) is 6.04 Å². The molecule has 1 aliphatic carbocycles. The van der Waals surface area contributed by atoms with Gasteiger partial charge in [-0.15, -0.1) is 0 Å². The van der Waals surface area contributed by atoms with E-state index in [1.165, 1.54) is 57.2 Å². The van der Waals surface area contributed by atoms with Gasteiger partial charge >= 0.3 is 0 Å². The quantitative estimate of drug-likeness (QED) is 0.874. The van der Waals surface area contributed by atoms with Crippen molar-refractivity contribution in [2.75, 3.05) is 13.1 Å². The molecular formula is C18H28N2O. The summed E-state index contributed by atoms with van der Waals surface area (Å²) in [4.78, 5) is 2.72. The Labute approximate surface area is 128 Å². The van der Waals surface area contributed by atoms with Gasteiger partial charge in [0.25, 0.3) is 0 Å². The molecule has 0 atom stereocenters. The van der Waals surface area contributed by atoms with E-state index in [4.69, 9.17) is 0 Å². The maximum absolute atomic E-state index is 9.38. The number of nitrogens with zero attached hydrogens (tertiary/aromatic N) is 1. The molecule has 2 aliphatic rings. The molecule has 0 unspecified atom stereocenters. The average molecular weight is 288 g/mol. The van der Waals surface area contributed by atoms with Crippen molar-refractivity contribution in [2.24, 2.45) is 0 Å². The van der Waals surface area contributed by atoms with Crippen LogP contribution in [-0.4, -0.2) is 35.2 Å². The standard InChI is InChI=1S/C18H28N2O/c21-14-16-6-2-1-5-15(16)13-19-17-9-11-20(12-10-17)18-7-3-4-8-18/h1-2,5-6,17-19,21H,3-4,7-14H2. The van der Waals surface area contributed by atoms with Gasteiger partial charge < -0.3 is 15.3 Å². The van der Waals surface area contributed by atoms with Crippen LogP contribution in [0.4, 0.5) is 0 Å². The minimum absolute atomic E-state index is 0.137. The first-order chi connectivity index (χ1) is 10.4. The van der Waals surface area contributed by atoms with Gasteiger partial charge in [0.15, 0.2) is 0 Å². The molecule has 3 rings (SSSR count). The number of hydrogen-bond donors (Lipinski definition) is 2. The fraction of sp³-hybridized carbons (Fsp3) is 0.667. The number of benzene rings is 1. The number of aliphatic hydroxyl groups is 1. The van der Waals surface area contributed by atoms with Gasteiger partial charge in [-0.2, -0.15) is 0 Å². The van der Waals surface area contributed by atoms with Crippen LogP contribution in [0.3, 0.4) is 0 Å². The molecule has 0 spiro atoms.